The average molecular weight is 766 g/mol. The minimum Gasteiger partial charge on any atom is -0.390 e. The van der Waals surface area contributed by atoms with Gasteiger partial charge in [0, 0.05) is 71.0 Å². The Morgan fingerprint density at radius 3 is 0.833 bits per heavy atom. The van der Waals surface area contributed by atoms with Gasteiger partial charge in [-0.1, -0.05) is 0 Å². The lowest BCUT2D eigenvalue weighted by Crippen LogP contribution is -2.62. The van der Waals surface area contributed by atoms with Gasteiger partial charge >= 0.3 is 17.1 Å². The van der Waals surface area contributed by atoms with Gasteiger partial charge in [-0.2, -0.15) is 0 Å². The highest BCUT2D eigenvalue weighted by Gasteiger charge is 2.40. The fourth-order valence-corrected chi connectivity index (χ4v) is 10.3. The van der Waals surface area contributed by atoms with Crippen LogP contribution in [0.1, 0.15) is 122 Å². The first kappa shape index (κ1) is 44.8. The van der Waals surface area contributed by atoms with Crippen LogP contribution in [0.15, 0.2) is 14.4 Å². The summed E-state index contributed by atoms with van der Waals surface area (Å²) in [6, 6.07) is 0.308. The van der Waals surface area contributed by atoms with E-state index in [-0.39, 0.29) is 90.6 Å². The van der Waals surface area contributed by atoms with Crippen LogP contribution in [0.5, 0.6) is 0 Å². The van der Waals surface area contributed by atoms with Crippen molar-refractivity contribution in [1.82, 2.24) is 45.6 Å². The highest BCUT2D eigenvalue weighted by atomic mass is 16.3. The minimum absolute atomic E-state index is 0.103. The molecule has 15 heteroatoms. The second kappa shape index (κ2) is 16.5. The summed E-state index contributed by atoms with van der Waals surface area (Å²) >= 11 is 0. The van der Waals surface area contributed by atoms with E-state index >= 15 is 0 Å². The molecule has 1 aromatic heterocycles. The van der Waals surface area contributed by atoms with Gasteiger partial charge in [-0.3, -0.25) is 0 Å². The Morgan fingerprint density at radius 1 is 0.463 bits per heavy atom. The van der Waals surface area contributed by atoms with Gasteiger partial charge < -0.3 is 47.2 Å². The number of aliphatic hydroxyl groups is 3. The first-order valence-corrected chi connectivity index (χ1v) is 20.1. The molecule has 3 atom stereocenters. The lowest BCUT2D eigenvalue weighted by atomic mass is 9.79. The zero-order valence-corrected chi connectivity index (χ0v) is 35.4. The van der Waals surface area contributed by atoms with Crippen LogP contribution in [0.3, 0.4) is 0 Å². The Balaban J connectivity index is 1.53. The Hall–Kier alpha value is -1.95. The third-order valence-electron chi connectivity index (χ3n) is 11.1. The molecule has 4 heterocycles. The van der Waals surface area contributed by atoms with E-state index in [0.717, 1.165) is 52.2 Å². The topological polar surface area (TPSA) is 199 Å². The van der Waals surface area contributed by atoms with Crippen molar-refractivity contribution in [3.63, 3.8) is 0 Å². The molecule has 54 heavy (non-hydrogen) atoms. The van der Waals surface area contributed by atoms with E-state index in [0.29, 0.717) is 0 Å². The van der Waals surface area contributed by atoms with Crippen molar-refractivity contribution in [1.29, 1.82) is 0 Å². The molecule has 15 nitrogen and oxygen atoms in total. The van der Waals surface area contributed by atoms with Crippen LogP contribution in [0.25, 0.3) is 0 Å². The maximum atomic E-state index is 13.9. The highest BCUT2D eigenvalue weighted by molar-refractivity contribution is 5.02. The Kier molecular flexibility index (Phi) is 13.7. The molecular weight excluding hydrogens is 690 g/mol. The normalized spacial score (nSPS) is 25.6. The van der Waals surface area contributed by atoms with Gasteiger partial charge in [0.2, 0.25) is 0 Å². The lowest BCUT2D eigenvalue weighted by Gasteiger charge is -2.47. The van der Waals surface area contributed by atoms with Crippen molar-refractivity contribution >= 4 is 0 Å². The monoisotopic (exact) mass is 766 g/mol. The molecule has 0 saturated carbocycles. The number of aromatic nitrogens is 3. The standard InChI is InChI=1S/C39H75N9O6/c1-34(2)13-25(14-35(3,4)43-34)40-19-28(49)22-46-31(52)47(23-29(50)20-41-26-15-36(5,6)44-37(7,8)16-26)33(54)48(32(46)53)24-30(51)21-42-27-17-38(9,10)45-39(11,12)18-27/h25-30,40-45,49-51H,13-24H2,1-12H3. The van der Waals surface area contributed by atoms with E-state index in [4.69, 9.17) is 0 Å². The third-order valence-corrected chi connectivity index (χ3v) is 11.1. The molecular formula is C39H75N9O6. The van der Waals surface area contributed by atoms with Crippen molar-refractivity contribution in [3.8, 4) is 0 Å². The number of piperidine rings is 3. The van der Waals surface area contributed by atoms with Crippen molar-refractivity contribution in [2.45, 2.75) is 211 Å². The molecule has 1 aromatic rings. The average Bonchev–Trinajstić information content (AvgIpc) is 2.96. The summed E-state index contributed by atoms with van der Waals surface area (Å²) in [7, 11) is 0. The second-order valence-corrected chi connectivity index (χ2v) is 20.9. The summed E-state index contributed by atoms with van der Waals surface area (Å²) in [5.74, 6) is 0. The lowest BCUT2D eigenvalue weighted by molar-refractivity contribution is 0.102. The molecule has 0 amide bonds. The van der Waals surface area contributed by atoms with E-state index in [2.05, 4.69) is 115 Å². The number of nitrogens with one attached hydrogen (secondary N) is 6. The number of aliphatic hydroxyl groups excluding tert-OH is 3. The molecule has 3 unspecified atom stereocenters. The molecule has 0 radical (unpaired) electrons. The first-order valence-electron chi connectivity index (χ1n) is 20.1. The van der Waals surface area contributed by atoms with E-state index in [1.807, 2.05) is 0 Å². The minimum atomic E-state index is -1.12. The molecule has 3 aliphatic rings. The van der Waals surface area contributed by atoms with Crippen LogP contribution in [0.2, 0.25) is 0 Å². The molecule has 3 fully saturated rings. The quantitative estimate of drug-likeness (QED) is 0.116. The molecule has 3 aliphatic heterocycles. The van der Waals surface area contributed by atoms with Crippen LogP contribution >= 0.6 is 0 Å². The second-order valence-electron chi connectivity index (χ2n) is 20.9. The van der Waals surface area contributed by atoms with Gasteiger partial charge in [0.15, 0.2) is 0 Å². The van der Waals surface area contributed by atoms with E-state index in [1.54, 1.807) is 0 Å². The summed E-state index contributed by atoms with van der Waals surface area (Å²) in [5, 5.41) is 54.8. The third kappa shape index (κ3) is 12.8. The zero-order chi connectivity index (χ0) is 40.7. The molecule has 0 aromatic carbocycles. The maximum Gasteiger partial charge on any atom is 0.336 e. The molecule has 9 N–H and O–H groups in total. The predicted molar refractivity (Wildman–Crippen MR) is 214 cm³/mol. The zero-order valence-electron chi connectivity index (χ0n) is 35.4. The molecule has 0 bridgehead atoms. The van der Waals surface area contributed by atoms with E-state index in [9.17, 15) is 29.7 Å². The summed E-state index contributed by atoms with van der Waals surface area (Å²) in [6.07, 6.45) is 1.63. The largest absolute Gasteiger partial charge is 0.390 e. The van der Waals surface area contributed by atoms with Gasteiger partial charge in [-0.25, -0.2) is 28.1 Å². The Morgan fingerprint density at radius 2 is 0.648 bits per heavy atom. The summed E-state index contributed by atoms with van der Waals surface area (Å²) in [4.78, 5) is 41.6. The summed E-state index contributed by atoms with van der Waals surface area (Å²) < 4.78 is 2.58. The van der Waals surface area contributed by atoms with Crippen molar-refractivity contribution in [2.24, 2.45) is 0 Å². The smallest absolute Gasteiger partial charge is 0.336 e. The molecule has 312 valence electrons. The van der Waals surface area contributed by atoms with Crippen LogP contribution in [0.4, 0.5) is 0 Å². The molecule has 4 rings (SSSR count). The van der Waals surface area contributed by atoms with Crippen LogP contribution in [0, 0.1) is 0 Å². The SMILES string of the molecule is CC1(C)CC(NCC(O)Cn2c(=O)n(CC(O)CNC3CC(C)(C)NC(C)(C)C3)c(=O)n(CC(O)CNC3CC(C)(C)NC(C)(C)C3)c2=O)CC(C)(C)N1. The van der Waals surface area contributed by atoms with Crippen LogP contribution < -0.4 is 49.0 Å². The van der Waals surface area contributed by atoms with Gasteiger partial charge in [0.05, 0.1) is 37.9 Å². The molecule has 0 aliphatic carbocycles. The molecule has 0 spiro atoms. The van der Waals surface area contributed by atoms with Gasteiger partial charge in [-0.15, -0.1) is 0 Å². The fraction of sp³-hybridized carbons (Fsp3) is 0.923. The van der Waals surface area contributed by atoms with Gasteiger partial charge in [-0.05, 0) is 122 Å². The summed E-state index contributed by atoms with van der Waals surface area (Å²) in [5.41, 5.74) is -3.40. The molecule has 3 saturated heterocycles. The van der Waals surface area contributed by atoms with Crippen LogP contribution in [-0.2, 0) is 19.6 Å². The fourth-order valence-electron chi connectivity index (χ4n) is 10.3. The number of nitrogens with zero attached hydrogens (tertiary/aromatic N) is 3. The van der Waals surface area contributed by atoms with Gasteiger partial charge in [0.25, 0.3) is 0 Å². The highest BCUT2D eigenvalue weighted by Crippen LogP contribution is 2.30. The Bertz CT molecular complexity index is 1350. The number of hydrogen-bond acceptors (Lipinski definition) is 12. The van der Waals surface area contributed by atoms with E-state index < -0.39 is 35.4 Å². The summed E-state index contributed by atoms with van der Waals surface area (Å²) in [6.45, 7) is 25.0. The van der Waals surface area contributed by atoms with Crippen molar-refractivity contribution in [2.75, 3.05) is 19.6 Å². The van der Waals surface area contributed by atoms with Crippen molar-refractivity contribution < 1.29 is 15.3 Å². The Labute approximate surface area is 322 Å². The van der Waals surface area contributed by atoms with Gasteiger partial charge in [0.1, 0.15) is 0 Å². The van der Waals surface area contributed by atoms with Crippen LogP contribution in [-0.4, -0.2) is 118 Å². The van der Waals surface area contributed by atoms with Crippen molar-refractivity contribution in [3.05, 3.63) is 31.5 Å². The maximum absolute atomic E-state index is 13.9. The first-order chi connectivity index (χ1) is 24.6. The predicted octanol–water partition coefficient (Wildman–Crippen LogP) is -0.0492. The number of hydrogen-bond donors (Lipinski definition) is 9. The number of rotatable bonds is 15. The van der Waals surface area contributed by atoms with E-state index in [1.165, 1.54) is 0 Å².